The lowest BCUT2D eigenvalue weighted by atomic mass is 9.49. The lowest BCUT2D eigenvalue weighted by molar-refractivity contribution is -0.173. The molecule has 2 aromatic heterocycles. The van der Waals surface area contributed by atoms with Gasteiger partial charge in [0, 0.05) is 36.3 Å². The van der Waals surface area contributed by atoms with Gasteiger partial charge in [-0.25, -0.2) is 14.3 Å². The van der Waals surface area contributed by atoms with Crippen molar-refractivity contribution in [3.8, 4) is 11.5 Å². The fourth-order valence-corrected chi connectivity index (χ4v) is 7.73. The number of piperidine rings is 1. The Balaban J connectivity index is 1.38. The molecule has 1 saturated heterocycles. The van der Waals surface area contributed by atoms with Crippen molar-refractivity contribution in [2.75, 3.05) is 19.7 Å². The number of aromatic nitrogens is 3. The maximum atomic E-state index is 13.8. The number of esters is 1. The van der Waals surface area contributed by atoms with Crippen LogP contribution in [0.4, 0.5) is 0 Å². The summed E-state index contributed by atoms with van der Waals surface area (Å²) in [6.45, 7) is 3.66. The molecule has 2 bridgehead atoms. The number of nitrogens with one attached hydrogen (secondary N) is 1. The van der Waals surface area contributed by atoms with E-state index in [9.17, 15) is 19.8 Å². The van der Waals surface area contributed by atoms with Gasteiger partial charge in [0.15, 0.2) is 23.3 Å². The number of fused-ring (bicyclic) bond motifs is 3. The first-order valence-electron chi connectivity index (χ1n) is 13.2. The molecule has 2 aliphatic heterocycles. The van der Waals surface area contributed by atoms with Crippen molar-refractivity contribution in [1.82, 2.24) is 19.5 Å². The molecule has 5 aliphatic rings. The van der Waals surface area contributed by atoms with Crippen molar-refractivity contribution in [2.24, 2.45) is 5.92 Å². The first-order valence-corrected chi connectivity index (χ1v) is 13.2. The second kappa shape index (κ2) is 6.93. The molecule has 3 aliphatic carbocycles. The lowest BCUT2D eigenvalue weighted by Crippen LogP contribution is -2.75. The number of aliphatic hydroxyl groups is 1. The molecule has 1 spiro atoms. The third-order valence-electron chi connectivity index (χ3n) is 9.49. The lowest BCUT2D eigenvalue weighted by Gasteiger charge is -2.62. The number of hydrogen-bond acceptors (Lipinski definition) is 8. The standard InChI is InChI=1S/C27H28N4O6/c1-2-36-25(34)16-11-28-31-23(16)29-20-15(24(31)33)10-27(35)18-9-14-5-6-17(32)21-19(14)26(27,22(20)37-21)7-8-30(18)12-13-3-4-13/h5-6,11,13,18,22,28,32,35H,2-4,7-10,12H2,1H3/t18-,22-,26-,27+/m0/s1. The van der Waals surface area contributed by atoms with Crippen LogP contribution >= 0.6 is 0 Å². The summed E-state index contributed by atoms with van der Waals surface area (Å²) in [5, 5.41) is 26.4. The van der Waals surface area contributed by atoms with E-state index in [4.69, 9.17) is 14.5 Å². The fourth-order valence-electron chi connectivity index (χ4n) is 7.73. The van der Waals surface area contributed by atoms with Crippen molar-refractivity contribution in [3.05, 3.63) is 56.6 Å². The topological polar surface area (TPSA) is 129 Å². The smallest absolute Gasteiger partial charge is 0.343 e. The number of carbonyl (C=O) groups is 1. The summed E-state index contributed by atoms with van der Waals surface area (Å²) in [4.78, 5) is 33.7. The highest BCUT2D eigenvalue weighted by atomic mass is 16.5. The molecule has 1 aromatic carbocycles. The number of nitrogens with zero attached hydrogens (tertiary/aromatic N) is 3. The molecule has 1 saturated carbocycles. The van der Waals surface area contributed by atoms with E-state index in [2.05, 4.69) is 10.00 Å². The quantitative estimate of drug-likeness (QED) is 0.457. The Morgan fingerprint density at radius 1 is 1.35 bits per heavy atom. The Bertz CT molecular complexity index is 1570. The van der Waals surface area contributed by atoms with Crippen molar-refractivity contribution < 1.29 is 24.5 Å². The van der Waals surface area contributed by atoms with Crippen LogP contribution in [-0.4, -0.2) is 67.0 Å². The molecule has 3 N–H and O–H groups in total. The summed E-state index contributed by atoms with van der Waals surface area (Å²) in [7, 11) is 0. The number of carbonyl (C=O) groups excluding carboxylic acids is 1. The molecule has 4 heterocycles. The number of hydrogen-bond donors (Lipinski definition) is 3. The van der Waals surface area contributed by atoms with Crippen molar-refractivity contribution in [3.63, 3.8) is 0 Å². The largest absolute Gasteiger partial charge is 0.504 e. The first kappa shape index (κ1) is 21.7. The molecular weight excluding hydrogens is 476 g/mol. The second-order valence-electron chi connectivity index (χ2n) is 11.3. The molecule has 0 radical (unpaired) electrons. The minimum atomic E-state index is -1.27. The molecule has 4 atom stereocenters. The van der Waals surface area contributed by atoms with E-state index in [1.165, 1.54) is 23.6 Å². The fraction of sp³-hybridized carbons (Fsp3) is 0.519. The normalized spacial score (nSPS) is 31.1. The molecule has 3 aromatic rings. The van der Waals surface area contributed by atoms with E-state index in [-0.39, 0.29) is 41.6 Å². The van der Waals surface area contributed by atoms with E-state index >= 15 is 0 Å². The van der Waals surface area contributed by atoms with Gasteiger partial charge in [0.2, 0.25) is 0 Å². The number of ether oxygens (including phenoxy) is 2. The van der Waals surface area contributed by atoms with Crippen LogP contribution in [0.3, 0.4) is 0 Å². The Morgan fingerprint density at radius 3 is 2.97 bits per heavy atom. The van der Waals surface area contributed by atoms with Crippen LogP contribution < -0.4 is 10.3 Å². The summed E-state index contributed by atoms with van der Waals surface area (Å²) < 4.78 is 12.9. The monoisotopic (exact) mass is 504 g/mol. The van der Waals surface area contributed by atoms with Crippen LogP contribution in [0.2, 0.25) is 0 Å². The van der Waals surface area contributed by atoms with Gasteiger partial charge >= 0.3 is 5.97 Å². The number of rotatable bonds is 4. The number of likely N-dealkylation sites (tertiary alicyclic amines) is 1. The van der Waals surface area contributed by atoms with Crippen molar-refractivity contribution in [1.29, 1.82) is 0 Å². The molecule has 2 fully saturated rings. The number of benzene rings is 1. The van der Waals surface area contributed by atoms with E-state index in [1.807, 2.05) is 6.07 Å². The van der Waals surface area contributed by atoms with Crippen LogP contribution in [0.25, 0.3) is 5.65 Å². The maximum Gasteiger partial charge on any atom is 0.343 e. The van der Waals surface area contributed by atoms with Crippen LogP contribution in [0.5, 0.6) is 11.5 Å². The van der Waals surface area contributed by atoms with Crippen LogP contribution in [0.1, 0.15) is 65.0 Å². The molecule has 8 rings (SSSR count). The number of aromatic amines is 1. The van der Waals surface area contributed by atoms with E-state index < -0.39 is 23.1 Å². The summed E-state index contributed by atoms with van der Waals surface area (Å²) >= 11 is 0. The first-order chi connectivity index (χ1) is 17.9. The Hall–Kier alpha value is -3.37. The van der Waals surface area contributed by atoms with E-state index in [1.54, 1.807) is 13.0 Å². The van der Waals surface area contributed by atoms with Crippen LogP contribution in [-0.2, 0) is 23.0 Å². The minimum Gasteiger partial charge on any atom is -0.504 e. The van der Waals surface area contributed by atoms with E-state index in [0.717, 1.165) is 24.2 Å². The van der Waals surface area contributed by atoms with Gasteiger partial charge in [0.1, 0.15) is 5.56 Å². The number of phenolic OH excluding ortho intramolecular Hbond substituents is 1. The number of aromatic hydroxyl groups is 1. The molecule has 0 unspecified atom stereocenters. The summed E-state index contributed by atoms with van der Waals surface area (Å²) in [5.74, 6) is 0.495. The zero-order valence-corrected chi connectivity index (χ0v) is 20.5. The third-order valence-corrected chi connectivity index (χ3v) is 9.49. The highest BCUT2D eigenvalue weighted by molar-refractivity contribution is 5.95. The predicted octanol–water partition coefficient (Wildman–Crippen LogP) is 1.60. The van der Waals surface area contributed by atoms with Gasteiger partial charge in [-0.1, -0.05) is 6.07 Å². The van der Waals surface area contributed by atoms with Crippen molar-refractivity contribution in [2.45, 2.75) is 62.2 Å². The molecule has 10 nitrogen and oxygen atoms in total. The second-order valence-corrected chi connectivity index (χ2v) is 11.3. The zero-order chi connectivity index (χ0) is 25.3. The summed E-state index contributed by atoms with van der Waals surface area (Å²) in [6.07, 6.45) is 4.49. The van der Waals surface area contributed by atoms with E-state index in [0.29, 0.717) is 35.8 Å². The van der Waals surface area contributed by atoms with Gasteiger partial charge in [-0.3, -0.25) is 14.8 Å². The Labute approximate surface area is 211 Å². The molecule has 0 amide bonds. The third kappa shape index (κ3) is 2.50. The highest BCUT2D eigenvalue weighted by Gasteiger charge is 2.73. The Morgan fingerprint density at radius 2 is 2.19 bits per heavy atom. The molecule has 37 heavy (non-hydrogen) atoms. The summed E-state index contributed by atoms with van der Waals surface area (Å²) in [6, 6.07) is 3.43. The van der Waals surface area contributed by atoms with Gasteiger partial charge in [-0.2, -0.15) is 0 Å². The van der Waals surface area contributed by atoms with Gasteiger partial charge in [0.05, 0.1) is 23.3 Å². The van der Waals surface area contributed by atoms with Crippen LogP contribution in [0.15, 0.2) is 23.1 Å². The SMILES string of the molecule is CCOC(=O)c1c[nH]n2c(=O)c3c(nc12)[C@@H]1Oc2c(O)ccc4c2[C@@]12CCN(CC1CC1)[C@@H](C4)[C@]2(O)C3. The molecule has 10 heteroatoms. The summed E-state index contributed by atoms with van der Waals surface area (Å²) in [5.41, 5.74) is 0.603. The van der Waals surface area contributed by atoms with Crippen molar-refractivity contribution >= 4 is 11.6 Å². The van der Waals surface area contributed by atoms with Gasteiger partial charge in [0.25, 0.3) is 5.56 Å². The Kier molecular flexibility index (Phi) is 4.06. The van der Waals surface area contributed by atoms with Gasteiger partial charge in [-0.05, 0) is 56.7 Å². The van der Waals surface area contributed by atoms with Gasteiger partial charge < -0.3 is 19.7 Å². The number of H-pyrrole nitrogens is 1. The van der Waals surface area contributed by atoms with Crippen LogP contribution in [0, 0.1) is 5.92 Å². The highest BCUT2D eigenvalue weighted by Crippen LogP contribution is 2.68. The molecular formula is C27H28N4O6. The molecule has 192 valence electrons. The predicted molar refractivity (Wildman–Crippen MR) is 130 cm³/mol. The number of phenols is 1. The average Bonchev–Trinajstić information content (AvgIpc) is 3.46. The van der Waals surface area contributed by atoms with Gasteiger partial charge in [-0.15, -0.1) is 0 Å². The zero-order valence-electron chi connectivity index (χ0n) is 20.5. The average molecular weight is 505 g/mol. The minimum absolute atomic E-state index is 0.0249. The maximum absolute atomic E-state index is 13.8.